The average molecular weight is 704 g/mol. The monoisotopic (exact) mass is 703 g/mol. The zero-order valence-corrected chi connectivity index (χ0v) is 29.1. The maximum Gasteiger partial charge on any atom is 0.249 e. The molecule has 4 atom stereocenters. The number of phenols is 1. The number of aliphatic hydroxyl groups excluding tert-OH is 1. The number of carbonyl (C=O) groups excluding carboxylic acids is 2. The molecule has 270 valence electrons. The number of aromatic nitrogens is 4. The average Bonchev–Trinajstić information content (AvgIpc) is 3.81. The van der Waals surface area contributed by atoms with Crippen LogP contribution in [-0.4, -0.2) is 97.3 Å². The van der Waals surface area contributed by atoms with Gasteiger partial charge in [0.05, 0.1) is 36.4 Å². The first-order valence-corrected chi connectivity index (χ1v) is 18.7. The second-order valence-electron chi connectivity index (χ2n) is 15.2. The lowest BCUT2D eigenvalue weighted by Crippen LogP contribution is -2.70. The number of nitrogens with zero attached hydrogens (tertiary/aromatic N) is 7. The van der Waals surface area contributed by atoms with Crippen LogP contribution in [0.3, 0.4) is 0 Å². The van der Waals surface area contributed by atoms with Crippen LogP contribution in [0.1, 0.15) is 62.0 Å². The zero-order valence-electron chi connectivity index (χ0n) is 29.1. The van der Waals surface area contributed by atoms with E-state index in [0.29, 0.717) is 53.7 Å². The molecule has 5 N–H and O–H groups in total. The zero-order chi connectivity index (χ0) is 35.5. The molecule has 0 radical (unpaired) electrons. The number of piperidine rings is 1. The molecule has 3 saturated heterocycles. The number of hydrogen-bond donors (Lipinski definition) is 4. The number of carbonyl (C=O) groups is 2. The number of hydrogen-bond acceptors (Lipinski definition) is 11. The smallest absolute Gasteiger partial charge is 0.249 e. The van der Waals surface area contributed by atoms with Crippen LogP contribution in [0.2, 0.25) is 0 Å². The summed E-state index contributed by atoms with van der Waals surface area (Å²) in [6, 6.07) is 16.0. The summed E-state index contributed by atoms with van der Waals surface area (Å²) in [4.78, 5) is 31.6. The number of rotatable bonds is 7. The van der Waals surface area contributed by atoms with Gasteiger partial charge in [-0.1, -0.05) is 24.3 Å². The first-order chi connectivity index (χ1) is 25.4. The maximum absolute atomic E-state index is 12.7. The molecule has 1 saturated carbocycles. The Kier molecular flexibility index (Phi) is 8.34. The van der Waals surface area contributed by atoms with Crippen molar-refractivity contribution in [3.63, 3.8) is 0 Å². The molecule has 0 spiro atoms. The quantitative estimate of drug-likeness (QED) is 0.209. The van der Waals surface area contributed by atoms with Gasteiger partial charge in [0.25, 0.3) is 0 Å². The number of nitrogens with one attached hydrogen (secondary N) is 1. The van der Waals surface area contributed by atoms with Crippen molar-refractivity contribution >= 4 is 29.0 Å². The van der Waals surface area contributed by atoms with Gasteiger partial charge in [-0.2, -0.15) is 5.10 Å². The third-order valence-corrected chi connectivity index (χ3v) is 12.5. The van der Waals surface area contributed by atoms with E-state index in [0.717, 1.165) is 38.2 Å². The number of phenolic OH excluding ortho intramolecular Hbond substituents is 1. The number of para-hydroxylation sites is 1. The highest BCUT2D eigenvalue weighted by atomic mass is 16.3. The molecule has 6 heterocycles. The summed E-state index contributed by atoms with van der Waals surface area (Å²) in [5, 5.41) is 36.4. The summed E-state index contributed by atoms with van der Waals surface area (Å²) < 4.78 is 1.69. The largest absolute Gasteiger partial charge is 0.507 e. The van der Waals surface area contributed by atoms with Gasteiger partial charge in [-0.15, -0.1) is 10.2 Å². The molecule has 1 unspecified atom stereocenters. The molecule has 1 aliphatic carbocycles. The van der Waals surface area contributed by atoms with Crippen LogP contribution >= 0.6 is 0 Å². The van der Waals surface area contributed by atoms with Gasteiger partial charge in [-0.25, -0.2) is 4.68 Å². The van der Waals surface area contributed by atoms with Crippen LogP contribution in [-0.2, 0) is 16.0 Å². The fraction of sp³-hybridized carbons (Fsp3) is 0.462. The third-order valence-electron chi connectivity index (χ3n) is 12.5. The molecule has 2 aromatic carbocycles. The Balaban J connectivity index is 0.841. The van der Waals surface area contributed by atoms with Crippen LogP contribution in [0.25, 0.3) is 16.9 Å². The van der Waals surface area contributed by atoms with Crippen molar-refractivity contribution in [2.45, 2.75) is 81.5 Å². The Morgan fingerprint density at radius 3 is 2.58 bits per heavy atom. The van der Waals surface area contributed by atoms with E-state index in [1.165, 1.54) is 42.5 Å². The molecule has 4 aromatic rings. The fourth-order valence-electron chi connectivity index (χ4n) is 9.78. The van der Waals surface area contributed by atoms with Gasteiger partial charge in [0.15, 0.2) is 5.82 Å². The molecule has 52 heavy (non-hydrogen) atoms. The van der Waals surface area contributed by atoms with Crippen LogP contribution in [0, 0.1) is 5.92 Å². The van der Waals surface area contributed by atoms with E-state index >= 15 is 0 Å². The molecule has 2 aromatic heterocycles. The maximum atomic E-state index is 12.7. The highest BCUT2D eigenvalue weighted by molar-refractivity contribution is 6.02. The van der Waals surface area contributed by atoms with Crippen LogP contribution < -0.4 is 20.9 Å². The molecule has 5 aliphatic rings. The van der Waals surface area contributed by atoms with Gasteiger partial charge in [-0.3, -0.25) is 19.8 Å². The number of benzene rings is 2. The number of nitrogen functional groups attached to an aromatic ring is 1. The van der Waals surface area contributed by atoms with Gasteiger partial charge < -0.3 is 25.7 Å². The highest BCUT2D eigenvalue weighted by Gasteiger charge is 2.48. The van der Waals surface area contributed by atoms with E-state index in [1.54, 1.807) is 28.9 Å². The summed E-state index contributed by atoms with van der Waals surface area (Å²) in [5.41, 5.74) is 12.8. The lowest BCUT2D eigenvalue weighted by Gasteiger charge is -2.59. The number of amides is 2. The van der Waals surface area contributed by atoms with Crippen molar-refractivity contribution < 1.29 is 19.8 Å². The molecule has 2 amide bonds. The van der Waals surface area contributed by atoms with Crippen molar-refractivity contribution in [3.8, 4) is 22.7 Å². The normalized spacial score (nSPS) is 27.6. The highest BCUT2D eigenvalue weighted by Crippen LogP contribution is 2.47. The first-order valence-electron chi connectivity index (χ1n) is 18.7. The molecule has 4 aliphatic heterocycles. The second kappa shape index (κ2) is 13.2. The van der Waals surface area contributed by atoms with Crippen molar-refractivity contribution in [2.75, 3.05) is 41.8 Å². The van der Waals surface area contributed by atoms with E-state index in [4.69, 9.17) is 5.73 Å². The van der Waals surface area contributed by atoms with E-state index in [-0.39, 0.29) is 42.1 Å². The number of fused-ring (bicyclic) bond motifs is 2. The molecule has 0 bridgehead atoms. The SMILES string of the molecule is Nc1nnc(-c2ccccc2O)cc1-n1cc(N2C[C@H]3C[C@H](C4CCC(c5cccc6c5CCN6[C@H]5CCC(=O)NC5=O)CC4)N3CC2CO)cn1. The minimum atomic E-state index is -0.266. The Hall–Kier alpha value is -5.01. The second-order valence-corrected chi connectivity index (χ2v) is 15.2. The Morgan fingerprint density at radius 2 is 1.77 bits per heavy atom. The minimum Gasteiger partial charge on any atom is -0.507 e. The topological polar surface area (TPSA) is 166 Å². The number of aliphatic hydroxyl groups is 1. The molecule has 9 rings (SSSR count). The molecule has 4 fully saturated rings. The summed E-state index contributed by atoms with van der Waals surface area (Å²) in [6.45, 7) is 2.52. The van der Waals surface area contributed by atoms with E-state index < -0.39 is 0 Å². The molecular formula is C39H45N9O4. The van der Waals surface area contributed by atoms with Gasteiger partial charge in [0.1, 0.15) is 17.5 Å². The van der Waals surface area contributed by atoms with Crippen LogP contribution in [0.4, 0.5) is 17.2 Å². The van der Waals surface area contributed by atoms with Crippen LogP contribution in [0.5, 0.6) is 5.75 Å². The minimum absolute atomic E-state index is 0.0444. The first kappa shape index (κ1) is 32.9. The Morgan fingerprint density at radius 1 is 0.923 bits per heavy atom. The summed E-state index contributed by atoms with van der Waals surface area (Å²) in [5.74, 6) is 1.20. The number of nitrogens with two attached hydrogens (primary N) is 1. The fourth-order valence-corrected chi connectivity index (χ4v) is 9.78. The number of piperazine rings is 1. The standard InChI is InChI=1S/C39H45N9O4/c40-38-35(17-31(43-44-38)30-4-1-2-7-36(30)50)48-21-26(18-41-48)46-19-25-16-34(47(25)20-27(46)22-49)24-10-8-23(9-11-24)28-5-3-6-32-29(28)14-15-45(32)33-12-13-37(51)42-39(33)52/h1-7,17-18,21,23-25,27,33-34,49-50H,8-16,19-20,22H2,(H2,40,44)(H,42,51,52)/t23?,24?,25-,27?,33+,34-/m1/s1. The Bertz CT molecular complexity index is 2010. The third kappa shape index (κ3) is 5.66. The molecular weight excluding hydrogens is 658 g/mol. The summed E-state index contributed by atoms with van der Waals surface area (Å²) >= 11 is 0. The van der Waals surface area contributed by atoms with Crippen molar-refractivity contribution in [1.29, 1.82) is 0 Å². The molecule has 13 nitrogen and oxygen atoms in total. The lowest BCUT2D eigenvalue weighted by molar-refractivity contribution is -0.134. The van der Waals surface area contributed by atoms with Gasteiger partial charge >= 0.3 is 0 Å². The van der Waals surface area contributed by atoms with E-state index in [2.05, 4.69) is 53.5 Å². The predicted molar refractivity (Wildman–Crippen MR) is 196 cm³/mol. The van der Waals surface area contributed by atoms with Crippen molar-refractivity contribution in [1.82, 2.24) is 30.2 Å². The van der Waals surface area contributed by atoms with Gasteiger partial charge in [0.2, 0.25) is 11.8 Å². The van der Waals surface area contributed by atoms with E-state index in [1.807, 2.05) is 18.5 Å². The van der Waals surface area contributed by atoms with E-state index in [9.17, 15) is 19.8 Å². The number of anilines is 3. The number of imide groups is 1. The van der Waals surface area contributed by atoms with Gasteiger partial charge in [-0.05, 0) is 92.2 Å². The predicted octanol–water partition coefficient (Wildman–Crippen LogP) is 3.38. The molecule has 13 heteroatoms. The van der Waals surface area contributed by atoms with Crippen molar-refractivity contribution in [3.05, 3.63) is 72.1 Å². The summed E-state index contributed by atoms with van der Waals surface area (Å²) in [6.07, 6.45) is 11.6. The Labute approximate surface area is 302 Å². The van der Waals surface area contributed by atoms with Gasteiger partial charge in [0, 0.05) is 49.4 Å². The van der Waals surface area contributed by atoms with Crippen LogP contribution in [0.15, 0.2) is 60.9 Å². The summed E-state index contributed by atoms with van der Waals surface area (Å²) in [7, 11) is 0. The van der Waals surface area contributed by atoms with Crippen molar-refractivity contribution in [2.24, 2.45) is 5.92 Å². The number of aromatic hydroxyl groups is 1. The lowest BCUT2D eigenvalue weighted by atomic mass is 9.70.